The third-order valence-electron chi connectivity index (χ3n) is 10.1. The van der Waals surface area contributed by atoms with Crippen molar-refractivity contribution in [2.75, 3.05) is 20.1 Å². The fraction of sp³-hybridized carbons (Fsp3) is 0.512. The first-order valence-electron chi connectivity index (χ1n) is 20.1. The molecule has 0 spiro atoms. The van der Waals surface area contributed by atoms with Gasteiger partial charge in [-0.1, -0.05) is 56.3 Å². The Kier molecular flexibility index (Phi) is 19.1. The van der Waals surface area contributed by atoms with Gasteiger partial charge in [0.1, 0.15) is 42.0 Å². The van der Waals surface area contributed by atoms with Gasteiger partial charge in [-0.2, -0.15) is 0 Å². The van der Waals surface area contributed by atoms with Crippen molar-refractivity contribution in [2.24, 2.45) is 22.4 Å². The van der Waals surface area contributed by atoms with Crippen LogP contribution in [-0.2, 0) is 41.6 Å². The highest BCUT2D eigenvalue weighted by Gasteiger charge is 2.35. The molecule has 2 unspecified atom stereocenters. The molecule has 1 fully saturated rings. The van der Waals surface area contributed by atoms with Crippen LogP contribution in [0.4, 0.5) is 4.79 Å². The van der Waals surface area contributed by atoms with Gasteiger partial charge in [0.05, 0.1) is 0 Å². The minimum atomic E-state index is -1.34. The van der Waals surface area contributed by atoms with Gasteiger partial charge < -0.3 is 58.5 Å². The zero-order valence-electron chi connectivity index (χ0n) is 34.6. The van der Waals surface area contributed by atoms with Crippen molar-refractivity contribution in [3.05, 3.63) is 65.7 Å². The number of aryl methyl sites for hydroxylation is 1. The fourth-order valence-electron chi connectivity index (χ4n) is 6.44. The summed E-state index contributed by atoms with van der Waals surface area (Å²) in [5, 5.41) is 35.5. The van der Waals surface area contributed by atoms with E-state index < -0.39 is 83.7 Å². The lowest BCUT2D eigenvalue weighted by atomic mass is 9.99. The lowest BCUT2D eigenvalue weighted by Crippen LogP contribution is -2.60. The highest BCUT2D eigenvalue weighted by Crippen LogP contribution is 2.15. The van der Waals surface area contributed by atoms with E-state index in [1.165, 1.54) is 31.0 Å². The average molecular weight is 837 g/mol. The maximum absolute atomic E-state index is 14.2. The van der Waals surface area contributed by atoms with E-state index in [-0.39, 0.29) is 63.3 Å². The number of likely N-dealkylation sites (N-methyl/N-ethyl adjacent to an activating group) is 1. The molecule has 19 nitrogen and oxygen atoms in total. The number of nitrogens with zero attached hydrogens (tertiary/aromatic N) is 2. The third kappa shape index (κ3) is 15.7. The number of amides is 7. The van der Waals surface area contributed by atoms with Crippen LogP contribution in [0.5, 0.6) is 5.75 Å². The molecule has 0 bridgehead atoms. The zero-order chi connectivity index (χ0) is 44.4. The Morgan fingerprint density at radius 3 is 2.18 bits per heavy atom. The molecule has 1 heterocycles. The van der Waals surface area contributed by atoms with Crippen LogP contribution in [0.1, 0.15) is 70.4 Å². The smallest absolute Gasteiger partial charge is 0.326 e. The van der Waals surface area contributed by atoms with Gasteiger partial charge in [0.25, 0.3) is 0 Å². The van der Waals surface area contributed by atoms with Crippen molar-refractivity contribution in [1.29, 1.82) is 0 Å². The van der Waals surface area contributed by atoms with Gasteiger partial charge in [-0.05, 0) is 81.0 Å². The summed E-state index contributed by atoms with van der Waals surface area (Å²) < 4.78 is 0. The molecule has 2 aromatic carbocycles. The molecular formula is C41H60N10O9. The van der Waals surface area contributed by atoms with E-state index in [1.807, 2.05) is 30.3 Å². The van der Waals surface area contributed by atoms with Crippen molar-refractivity contribution < 1.29 is 43.8 Å². The largest absolute Gasteiger partial charge is 0.508 e. The molecule has 0 aliphatic carbocycles. The van der Waals surface area contributed by atoms with Gasteiger partial charge in [0, 0.05) is 26.6 Å². The number of carbonyl (C=O) groups excluding carboxylic acids is 6. The second kappa shape index (κ2) is 23.9. The van der Waals surface area contributed by atoms with Crippen LogP contribution in [0.15, 0.2) is 59.6 Å². The highest BCUT2D eigenvalue weighted by atomic mass is 16.4. The number of aromatic hydroxyl groups is 1. The molecule has 2 aromatic rings. The highest BCUT2D eigenvalue weighted by molar-refractivity contribution is 5.96. The predicted molar refractivity (Wildman–Crippen MR) is 223 cm³/mol. The summed E-state index contributed by atoms with van der Waals surface area (Å²) in [5.41, 5.74) is 12.2. The first kappa shape index (κ1) is 48.0. The van der Waals surface area contributed by atoms with Gasteiger partial charge in [0.15, 0.2) is 5.96 Å². The van der Waals surface area contributed by atoms with Crippen LogP contribution in [0.3, 0.4) is 0 Å². The number of hydrogen-bond acceptors (Lipinski definition) is 9. The van der Waals surface area contributed by atoms with E-state index in [0.717, 1.165) is 11.1 Å². The molecule has 0 aromatic heterocycles. The number of benzene rings is 2. The van der Waals surface area contributed by atoms with E-state index in [9.17, 15) is 43.8 Å². The molecule has 60 heavy (non-hydrogen) atoms. The van der Waals surface area contributed by atoms with Gasteiger partial charge in [-0.25, -0.2) is 9.59 Å². The number of hydrogen-bond donors (Lipinski definition) is 10. The standard InChI is InChI=1S/C41H60N10O9/c1-24(2)33-37(56)46-30(20-17-26-15-18-28(52)19-16-26)38(57)51(4)25(3)34(53)47-32(23-27-11-6-5-7-12-27)35(54)44-21-9-8-13-29(36(55)50-33)48-41(60)49-31(39(58)59)14-10-22-45-40(42)43/h5-7,11-12,15-16,18-19,24-25,29-33,52H,8-10,13-14,17,20-23H2,1-4H3,(H,44,54)(H,46,56)(H,47,53)(H,50,55)(H,58,59)(H4,42,43,45)(H2,48,49,60)/t25-,29+,30?,31+,32-,33?/m0/s1. The summed E-state index contributed by atoms with van der Waals surface area (Å²) in [6.45, 7) is 5.17. The number of phenols is 1. The molecular weight excluding hydrogens is 777 g/mol. The number of carboxylic acids is 1. The molecule has 1 aliphatic heterocycles. The number of rotatable bonds is 13. The first-order chi connectivity index (χ1) is 28.5. The maximum Gasteiger partial charge on any atom is 0.326 e. The molecule has 6 atom stereocenters. The van der Waals surface area contributed by atoms with Crippen LogP contribution in [0.25, 0.3) is 0 Å². The number of aliphatic imine (C=N–C) groups is 1. The fourth-order valence-corrected chi connectivity index (χ4v) is 6.44. The minimum absolute atomic E-state index is 0.0159. The van der Waals surface area contributed by atoms with Crippen molar-refractivity contribution in [2.45, 2.75) is 108 Å². The second-order valence-electron chi connectivity index (χ2n) is 15.2. The van der Waals surface area contributed by atoms with Crippen LogP contribution in [0.2, 0.25) is 0 Å². The average Bonchev–Trinajstić information content (AvgIpc) is 3.20. The molecule has 19 heteroatoms. The number of nitrogens with one attached hydrogen (secondary N) is 6. The molecule has 328 valence electrons. The van der Waals surface area contributed by atoms with Gasteiger partial charge in [-0.15, -0.1) is 0 Å². The monoisotopic (exact) mass is 836 g/mol. The molecule has 1 saturated heterocycles. The van der Waals surface area contributed by atoms with Crippen LogP contribution < -0.4 is 43.4 Å². The van der Waals surface area contributed by atoms with Crippen LogP contribution >= 0.6 is 0 Å². The number of urea groups is 1. The predicted octanol–water partition coefficient (Wildman–Crippen LogP) is -0.000500. The Balaban J connectivity index is 1.95. The van der Waals surface area contributed by atoms with Crippen LogP contribution in [0, 0.1) is 5.92 Å². The van der Waals surface area contributed by atoms with E-state index >= 15 is 0 Å². The van der Waals surface area contributed by atoms with Crippen molar-refractivity contribution in [3.8, 4) is 5.75 Å². The van der Waals surface area contributed by atoms with Crippen molar-refractivity contribution in [1.82, 2.24) is 36.8 Å². The minimum Gasteiger partial charge on any atom is -0.508 e. The summed E-state index contributed by atoms with van der Waals surface area (Å²) >= 11 is 0. The summed E-state index contributed by atoms with van der Waals surface area (Å²) in [6, 6.07) is 7.41. The lowest BCUT2D eigenvalue weighted by molar-refractivity contribution is -0.142. The summed E-state index contributed by atoms with van der Waals surface area (Å²) in [6.07, 6.45) is 1.41. The Labute approximate surface area is 349 Å². The van der Waals surface area contributed by atoms with Gasteiger partial charge in [-0.3, -0.25) is 29.0 Å². The number of carbonyl (C=O) groups is 7. The molecule has 7 amide bonds. The van der Waals surface area contributed by atoms with Crippen molar-refractivity contribution >= 4 is 47.5 Å². The number of carboxylic acid groups (broad SMARTS) is 1. The van der Waals surface area contributed by atoms with E-state index in [2.05, 4.69) is 36.9 Å². The van der Waals surface area contributed by atoms with Gasteiger partial charge in [0.2, 0.25) is 29.5 Å². The molecule has 1 aliphatic rings. The van der Waals surface area contributed by atoms with E-state index in [1.54, 1.807) is 26.0 Å². The number of nitrogens with two attached hydrogens (primary N) is 2. The normalized spacial score (nSPS) is 21.8. The lowest BCUT2D eigenvalue weighted by Gasteiger charge is -2.31. The Morgan fingerprint density at radius 1 is 0.883 bits per heavy atom. The SMILES string of the molecule is CC(C)C1NC(=O)[C@H](NC(=O)N[C@H](CCCN=C(N)N)C(=O)O)CCCCNC(=O)[C@H](Cc2ccccc2)NC(=O)[C@H](C)N(C)C(=O)C(CCc2ccc(O)cc2)NC1=O. The van der Waals surface area contributed by atoms with E-state index in [4.69, 9.17) is 11.5 Å². The Hall–Kier alpha value is -6.40. The van der Waals surface area contributed by atoms with Crippen LogP contribution in [-0.4, -0.2) is 119 Å². The summed E-state index contributed by atoms with van der Waals surface area (Å²) in [4.78, 5) is 99.6. The molecule has 3 rings (SSSR count). The quantitative estimate of drug-likeness (QED) is 0.0728. The molecule has 0 saturated carbocycles. The van der Waals surface area contributed by atoms with Gasteiger partial charge >= 0.3 is 12.0 Å². The number of phenolic OH excluding ortho intramolecular Hbond substituents is 1. The first-order valence-corrected chi connectivity index (χ1v) is 20.1. The summed E-state index contributed by atoms with van der Waals surface area (Å²) in [5.74, 6) is -5.05. The number of aliphatic carboxylic acids is 1. The third-order valence-corrected chi connectivity index (χ3v) is 10.1. The maximum atomic E-state index is 14.2. The Morgan fingerprint density at radius 2 is 1.55 bits per heavy atom. The number of guanidine groups is 1. The molecule has 12 N–H and O–H groups in total. The second-order valence-corrected chi connectivity index (χ2v) is 15.2. The molecule has 0 radical (unpaired) electrons. The van der Waals surface area contributed by atoms with E-state index in [0.29, 0.717) is 12.8 Å². The zero-order valence-corrected chi connectivity index (χ0v) is 34.6. The Bertz CT molecular complexity index is 1810. The topological polar surface area (TPSA) is 300 Å². The van der Waals surface area contributed by atoms with Crippen molar-refractivity contribution in [3.63, 3.8) is 0 Å². The summed E-state index contributed by atoms with van der Waals surface area (Å²) in [7, 11) is 1.42.